The lowest BCUT2D eigenvalue weighted by Crippen LogP contribution is -2.12. The predicted molar refractivity (Wildman–Crippen MR) is 72.5 cm³/mol. The molecule has 1 saturated heterocycles. The summed E-state index contributed by atoms with van der Waals surface area (Å²) in [6.45, 7) is 2.38. The first-order chi connectivity index (χ1) is 8.45. The molecule has 1 saturated carbocycles. The minimum absolute atomic E-state index is 0.771. The van der Waals surface area contributed by atoms with Crippen LogP contribution < -0.4 is 5.32 Å². The maximum absolute atomic E-state index is 3.50. The first kappa shape index (κ1) is 11.3. The summed E-state index contributed by atoms with van der Waals surface area (Å²) in [6.07, 6.45) is 8.46. The molecule has 1 aromatic rings. The van der Waals surface area contributed by atoms with Crippen LogP contribution in [0.1, 0.15) is 61.5 Å². The fourth-order valence-electron chi connectivity index (χ4n) is 3.59. The van der Waals surface area contributed by atoms with Gasteiger partial charge in [0.15, 0.2) is 0 Å². The van der Waals surface area contributed by atoms with E-state index in [4.69, 9.17) is 0 Å². The Hall–Kier alpha value is -0.820. The van der Waals surface area contributed by atoms with Crippen molar-refractivity contribution in [3.05, 3.63) is 35.4 Å². The van der Waals surface area contributed by atoms with Gasteiger partial charge >= 0.3 is 0 Å². The molecule has 0 amide bonds. The zero-order valence-corrected chi connectivity index (χ0v) is 10.6. The van der Waals surface area contributed by atoms with E-state index < -0.39 is 0 Å². The van der Waals surface area contributed by atoms with Gasteiger partial charge in [-0.1, -0.05) is 43.5 Å². The van der Waals surface area contributed by atoms with E-state index in [1.54, 1.807) is 11.1 Å². The van der Waals surface area contributed by atoms with E-state index in [0.29, 0.717) is 0 Å². The van der Waals surface area contributed by atoms with Crippen LogP contribution in [-0.2, 0) is 0 Å². The fraction of sp³-hybridized carbons (Fsp3) is 0.625. The largest absolute Gasteiger partial charge is 0.316 e. The highest BCUT2D eigenvalue weighted by Gasteiger charge is 2.23. The summed E-state index contributed by atoms with van der Waals surface area (Å²) < 4.78 is 0. The van der Waals surface area contributed by atoms with E-state index in [1.165, 1.54) is 51.6 Å². The van der Waals surface area contributed by atoms with Gasteiger partial charge < -0.3 is 5.32 Å². The molecular formula is C16H23N. The van der Waals surface area contributed by atoms with Crippen molar-refractivity contribution in [1.29, 1.82) is 0 Å². The van der Waals surface area contributed by atoms with Crippen LogP contribution in [-0.4, -0.2) is 13.1 Å². The molecule has 1 aromatic carbocycles. The molecule has 1 aliphatic carbocycles. The van der Waals surface area contributed by atoms with E-state index in [0.717, 1.165) is 11.8 Å². The molecule has 1 N–H and O–H groups in total. The van der Waals surface area contributed by atoms with Gasteiger partial charge in [-0.15, -0.1) is 0 Å². The molecule has 1 aliphatic heterocycles. The smallest absolute Gasteiger partial charge is 0.00207 e. The number of nitrogens with one attached hydrogen (secondary N) is 1. The normalized spacial score (nSPS) is 26.2. The molecule has 0 radical (unpaired) electrons. The van der Waals surface area contributed by atoms with Gasteiger partial charge in [-0.05, 0) is 48.8 Å². The molecule has 1 unspecified atom stereocenters. The molecule has 1 heterocycles. The monoisotopic (exact) mass is 229 g/mol. The standard InChI is InChI=1S/C16H23N/c1-2-6-13(7-3-1)15-8-4-5-9-16(15)14-10-11-17-12-14/h4-5,8-9,13-14,17H,1-3,6-7,10-12H2. The van der Waals surface area contributed by atoms with Gasteiger partial charge in [0.1, 0.15) is 0 Å². The predicted octanol–water partition coefficient (Wildman–Crippen LogP) is 3.81. The first-order valence-corrected chi connectivity index (χ1v) is 7.24. The van der Waals surface area contributed by atoms with Crippen molar-refractivity contribution in [2.45, 2.75) is 50.4 Å². The van der Waals surface area contributed by atoms with Crippen LogP contribution in [0.25, 0.3) is 0 Å². The number of benzene rings is 1. The third-order valence-corrected chi connectivity index (χ3v) is 4.54. The molecule has 2 aliphatic rings. The van der Waals surface area contributed by atoms with E-state index in [9.17, 15) is 0 Å². The molecule has 1 heteroatoms. The summed E-state index contributed by atoms with van der Waals surface area (Å²) in [5.74, 6) is 1.62. The molecule has 0 bridgehead atoms. The molecule has 1 nitrogen and oxygen atoms in total. The Morgan fingerprint density at radius 3 is 2.18 bits per heavy atom. The molecule has 17 heavy (non-hydrogen) atoms. The van der Waals surface area contributed by atoms with Gasteiger partial charge in [0.25, 0.3) is 0 Å². The molecule has 92 valence electrons. The SMILES string of the molecule is c1ccc(C2CCNC2)c(C2CCCCC2)c1. The lowest BCUT2D eigenvalue weighted by molar-refractivity contribution is 0.440. The summed E-state index contributed by atoms with van der Waals surface area (Å²) in [4.78, 5) is 0. The maximum atomic E-state index is 3.50. The molecule has 0 spiro atoms. The average molecular weight is 229 g/mol. The summed E-state index contributed by atoms with van der Waals surface area (Å²) in [7, 11) is 0. The van der Waals surface area contributed by atoms with Crippen molar-refractivity contribution < 1.29 is 0 Å². The summed E-state index contributed by atoms with van der Waals surface area (Å²) in [5, 5.41) is 3.50. The van der Waals surface area contributed by atoms with Gasteiger partial charge in [0.2, 0.25) is 0 Å². The van der Waals surface area contributed by atoms with Crippen LogP contribution in [0.15, 0.2) is 24.3 Å². The van der Waals surface area contributed by atoms with E-state index >= 15 is 0 Å². The second-order valence-electron chi connectivity index (χ2n) is 5.65. The second kappa shape index (κ2) is 5.22. The molecular weight excluding hydrogens is 206 g/mol. The minimum atomic E-state index is 0.771. The van der Waals surface area contributed by atoms with Crippen LogP contribution in [0.5, 0.6) is 0 Å². The van der Waals surface area contributed by atoms with Gasteiger partial charge in [0, 0.05) is 6.54 Å². The van der Waals surface area contributed by atoms with Crippen LogP contribution in [0.3, 0.4) is 0 Å². The van der Waals surface area contributed by atoms with Crippen molar-refractivity contribution in [1.82, 2.24) is 5.32 Å². The van der Waals surface area contributed by atoms with Gasteiger partial charge in [0.05, 0.1) is 0 Å². The number of rotatable bonds is 2. The fourth-order valence-corrected chi connectivity index (χ4v) is 3.59. The molecule has 2 fully saturated rings. The van der Waals surface area contributed by atoms with Crippen molar-refractivity contribution in [2.24, 2.45) is 0 Å². The zero-order valence-electron chi connectivity index (χ0n) is 10.6. The van der Waals surface area contributed by atoms with Crippen LogP contribution in [0.2, 0.25) is 0 Å². The van der Waals surface area contributed by atoms with Gasteiger partial charge in [-0.3, -0.25) is 0 Å². The highest BCUT2D eigenvalue weighted by atomic mass is 14.9. The second-order valence-corrected chi connectivity index (χ2v) is 5.65. The average Bonchev–Trinajstić information content (AvgIpc) is 2.94. The summed E-state index contributed by atoms with van der Waals surface area (Å²) >= 11 is 0. The van der Waals surface area contributed by atoms with E-state index in [1.807, 2.05) is 0 Å². The maximum Gasteiger partial charge on any atom is 0.00207 e. The van der Waals surface area contributed by atoms with Crippen molar-refractivity contribution in [3.63, 3.8) is 0 Å². The van der Waals surface area contributed by atoms with Crippen LogP contribution in [0.4, 0.5) is 0 Å². The van der Waals surface area contributed by atoms with Crippen LogP contribution in [0, 0.1) is 0 Å². The van der Waals surface area contributed by atoms with E-state index in [2.05, 4.69) is 29.6 Å². The topological polar surface area (TPSA) is 12.0 Å². The van der Waals surface area contributed by atoms with Crippen molar-refractivity contribution in [2.75, 3.05) is 13.1 Å². The lowest BCUT2D eigenvalue weighted by atomic mass is 9.79. The molecule has 0 aromatic heterocycles. The number of hydrogen-bond donors (Lipinski definition) is 1. The van der Waals surface area contributed by atoms with Crippen LogP contribution >= 0.6 is 0 Å². The van der Waals surface area contributed by atoms with Crippen molar-refractivity contribution >= 4 is 0 Å². The van der Waals surface area contributed by atoms with Gasteiger partial charge in [-0.25, -0.2) is 0 Å². The van der Waals surface area contributed by atoms with E-state index in [-0.39, 0.29) is 0 Å². The first-order valence-electron chi connectivity index (χ1n) is 7.24. The Morgan fingerprint density at radius 2 is 1.53 bits per heavy atom. The Kier molecular flexibility index (Phi) is 3.46. The lowest BCUT2D eigenvalue weighted by Gasteiger charge is -2.26. The summed E-state index contributed by atoms with van der Waals surface area (Å²) in [6, 6.07) is 9.22. The summed E-state index contributed by atoms with van der Waals surface area (Å²) in [5.41, 5.74) is 3.31. The molecule has 3 rings (SSSR count). The highest BCUT2D eigenvalue weighted by molar-refractivity contribution is 5.34. The Labute approximate surface area is 105 Å². The third-order valence-electron chi connectivity index (χ3n) is 4.54. The zero-order chi connectivity index (χ0) is 11.5. The quantitative estimate of drug-likeness (QED) is 0.813. The minimum Gasteiger partial charge on any atom is -0.316 e. The molecule has 1 atom stereocenters. The Balaban J connectivity index is 1.86. The Bertz CT molecular complexity index is 360. The Morgan fingerprint density at radius 1 is 0.824 bits per heavy atom. The van der Waals surface area contributed by atoms with Gasteiger partial charge in [-0.2, -0.15) is 0 Å². The third kappa shape index (κ3) is 2.40. The van der Waals surface area contributed by atoms with Crippen molar-refractivity contribution in [3.8, 4) is 0 Å². The highest BCUT2D eigenvalue weighted by Crippen LogP contribution is 2.37. The number of hydrogen-bond acceptors (Lipinski definition) is 1.